The van der Waals surface area contributed by atoms with Crippen LogP contribution in [-0.4, -0.2) is 23.3 Å². The van der Waals surface area contributed by atoms with E-state index < -0.39 is 6.10 Å². The van der Waals surface area contributed by atoms with Crippen molar-refractivity contribution in [1.82, 2.24) is 0 Å². The minimum absolute atomic E-state index is 0.190. The van der Waals surface area contributed by atoms with Gasteiger partial charge in [0.15, 0.2) is 0 Å². The number of carbonyl (C=O) groups is 1. The van der Waals surface area contributed by atoms with E-state index in [-0.39, 0.29) is 17.5 Å². The van der Waals surface area contributed by atoms with E-state index in [4.69, 9.17) is 4.74 Å². The fraction of sp³-hybridized carbons (Fsp3) is 0.588. The van der Waals surface area contributed by atoms with E-state index in [0.29, 0.717) is 17.9 Å². The van der Waals surface area contributed by atoms with Gasteiger partial charge in [0.05, 0.1) is 11.7 Å². The average Bonchev–Trinajstić information content (AvgIpc) is 2.41. The Morgan fingerprint density at radius 3 is 2.40 bits per heavy atom. The number of aliphatic hydroxyl groups excluding tert-OH is 1. The third kappa shape index (κ3) is 3.60. The molecular formula is C17H24O3. The van der Waals surface area contributed by atoms with Crippen LogP contribution in [0.4, 0.5) is 0 Å². The number of hydrogen-bond acceptors (Lipinski definition) is 3. The summed E-state index contributed by atoms with van der Waals surface area (Å²) in [6.07, 6.45) is 1.51. The third-order valence-corrected chi connectivity index (χ3v) is 4.25. The molecule has 0 bridgehead atoms. The highest BCUT2D eigenvalue weighted by molar-refractivity contribution is 5.89. The highest BCUT2D eigenvalue weighted by atomic mass is 16.6. The van der Waals surface area contributed by atoms with E-state index in [1.165, 1.54) is 0 Å². The topological polar surface area (TPSA) is 46.5 Å². The largest absolute Gasteiger partial charge is 0.456 e. The molecular weight excluding hydrogens is 252 g/mol. The lowest BCUT2D eigenvalue weighted by atomic mass is 9.71. The van der Waals surface area contributed by atoms with Gasteiger partial charge >= 0.3 is 5.97 Å². The van der Waals surface area contributed by atoms with Gasteiger partial charge in [-0.05, 0) is 42.7 Å². The van der Waals surface area contributed by atoms with E-state index in [9.17, 15) is 9.90 Å². The van der Waals surface area contributed by atoms with E-state index in [1.807, 2.05) is 18.2 Å². The molecule has 0 amide bonds. The molecule has 110 valence electrons. The number of ether oxygens (including phenoxy) is 1. The third-order valence-electron chi connectivity index (χ3n) is 4.25. The molecule has 1 N–H and O–H groups in total. The molecule has 0 heterocycles. The quantitative estimate of drug-likeness (QED) is 0.842. The van der Waals surface area contributed by atoms with Crippen LogP contribution < -0.4 is 0 Å². The highest BCUT2D eigenvalue weighted by Gasteiger charge is 2.36. The number of rotatable bonds is 2. The lowest BCUT2D eigenvalue weighted by Gasteiger charge is -2.39. The van der Waals surface area contributed by atoms with Crippen molar-refractivity contribution in [2.24, 2.45) is 11.3 Å². The van der Waals surface area contributed by atoms with Crippen molar-refractivity contribution in [3.63, 3.8) is 0 Å². The molecule has 1 aromatic rings. The first kappa shape index (κ1) is 15.0. The summed E-state index contributed by atoms with van der Waals surface area (Å²) in [5.41, 5.74) is 0.729. The number of aliphatic hydroxyl groups is 1. The Morgan fingerprint density at radius 1 is 1.20 bits per heavy atom. The molecule has 3 heteroatoms. The van der Waals surface area contributed by atoms with Crippen molar-refractivity contribution in [3.8, 4) is 0 Å². The first-order valence-electron chi connectivity index (χ1n) is 7.32. The molecule has 3 unspecified atom stereocenters. The van der Waals surface area contributed by atoms with Crippen LogP contribution >= 0.6 is 0 Å². The maximum atomic E-state index is 12.0. The molecule has 20 heavy (non-hydrogen) atoms. The number of carbonyl (C=O) groups excluding carboxylic acids is 1. The minimum atomic E-state index is -0.555. The monoisotopic (exact) mass is 276 g/mol. The Morgan fingerprint density at radius 2 is 1.85 bits per heavy atom. The molecule has 1 aromatic carbocycles. The zero-order valence-electron chi connectivity index (χ0n) is 12.5. The predicted molar refractivity (Wildman–Crippen MR) is 78.4 cm³/mol. The Hall–Kier alpha value is -1.35. The maximum Gasteiger partial charge on any atom is 0.338 e. The van der Waals surface area contributed by atoms with Crippen LogP contribution in [-0.2, 0) is 4.74 Å². The summed E-state index contributed by atoms with van der Waals surface area (Å²) in [6.45, 7) is 6.59. The molecule has 3 atom stereocenters. The first-order valence-corrected chi connectivity index (χ1v) is 7.32. The smallest absolute Gasteiger partial charge is 0.338 e. The fourth-order valence-electron chi connectivity index (χ4n) is 2.82. The molecule has 1 saturated carbocycles. The maximum absolute atomic E-state index is 12.0. The van der Waals surface area contributed by atoms with E-state index in [0.717, 1.165) is 12.8 Å². The van der Waals surface area contributed by atoms with E-state index in [1.54, 1.807) is 12.1 Å². The van der Waals surface area contributed by atoms with Gasteiger partial charge in [0, 0.05) is 0 Å². The fourth-order valence-corrected chi connectivity index (χ4v) is 2.82. The van der Waals surface area contributed by atoms with Crippen LogP contribution in [0, 0.1) is 11.3 Å². The van der Waals surface area contributed by atoms with Gasteiger partial charge in [0.25, 0.3) is 0 Å². The molecule has 0 aliphatic heterocycles. The van der Waals surface area contributed by atoms with Crippen LogP contribution in [0.15, 0.2) is 30.3 Å². The summed E-state index contributed by atoms with van der Waals surface area (Å²) < 4.78 is 5.46. The zero-order chi connectivity index (χ0) is 14.8. The summed E-state index contributed by atoms with van der Waals surface area (Å²) in [7, 11) is 0. The molecule has 0 spiro atoms. The average molecular weight is 276 g/mol. The van der Waals surface area contributed by atoms with Gasteiger partial charge in [-0.3, -0.25) is 0 Å². The molecule has 2 rings (SSSR count). The van der Waals surface area contributed by atoms with Crippen molar-refractivity contribution in [1.29, 1.82) is 0 Å². The number of benzene rings is 1. The standard InChI is InChI=1S/C17H24O3/c1-17(2,3)13-9-10-15(14(18)11-13)20-16(19)12-7-5-4-6-8-12/h4-8,13-15,18H,9-11H2,1-3H3. The van der Waals surface area contributed by atoms with Crippen LogP contribution in [0.5, 0.6) is 0 Å². The van der Waals surface area contributed by atoms with Crippen LogP contribution in [0.1, 0.15) is 50.4 Å². The van der Waals surface area contributed by atoms with Gasteiger partial charge in [-0.1, -0.05) is 39.0 Å². The molecule has 1 aliphatic carbocycles. The molecule has 0 aromatic heterocycles. The van der Waals surface area contributed by atoms with Crippen LogP contribution in [0.2, 0.25) is 0 Å². The van der Waals surface area contributed by atoms with Crippen molar-refractivity contribution < 1.29 is 14.6 Å². The van der Waals surface area contributed by atoms with E-state index in [2.05, 4.69) is 20.8 Å². The Kier molecular flexibility index (Phi) is 4.48. The second kappa shape index (κ2) is 5.96. The van der Waals surface area contributed by atoms with E-state index >= 15 is 0 Å². The Bertz CT molecular complexity index is 447. The lowest BCUT2D eigenvalue weighted by molar-refractivity contribution is -0.0594. The van der Waals surface area contributed by atoms with Gasteiger partial charge in [0.1, 0.15) is 6.10 Å². The normalized spacial score (nSPS) is 27.1. The van der Waals surface area contributed by atoms with Gasteiger partial charge < -0.3 is 9.84 Å². The number of hydrogen-bond donors (Lipinski definition) is 1. The van der Waals surface area contributed by atoms with Gasteiger partial charge in [-0.15, -0.1) is 0 Å². The lowest BCUT2D eigenvalue weighted by Crippen LogP contribution is -2.40. The predicted octanol–water partition coefficient (Wildman–Crippen LogP) is 3.42. The molecule has 3 nitrogen and oxygen atoms in total. The highest BCUT2D eigenvalue weighted by Crippen LogP contribution is 2.38. The SMILES string of the molecule is CC(C)(C)C1CCC(OC(=O)c2ccccc2)C(O)C1. The van der Waals surface area contributed by atoms with Crippen molar-refractivity contribution in [3.05, 3.63) is 35.9 Å². The van der Waals surface area contributed by atoms with Crippen molar-refractivity contribution >= 4 is 5.97 Å². The van der Waals surface area contributed by atoms with Crippen molar-refractivity contribution in [2.45, 2.75) is 52.2 Å². The molecule has 0 radical (unpaired) electrons. The zero-order valence-corrected chi connectivity index (χ0v) is 12.5. The number of esters is 1. The first-order chi connectivity index (χ1) is 9.38. The van der Waals surface area contributed by atoms with Crippen LogP contribution in [0.25, 0.3) is 0 Å². The summed E-state index contributed by atoms with van der Waals surface area (Å²) >= 11 is 0. The molecule has 0 saturated heterocycles. The molecule has 1 aliphatic rings. The molecule has 1 fully saturated rings. The Balaban J connectivity index is 1.94. The van der Waals surface area contributed by atoms with Crippen LogP contribution in [0.3, 0.4) is 0 Å². The van der Waals surface area contributed by atoms with Gasteiger partial charge in [-0.25, -0.2) is 4.79 Å². The summed E-state index contributed by atoms with van der Waals surface area (Å²) in [5.74, 6) is 0.132. The minimum Gasteiger partial charge on any atom is -0.456 e. The second-order valence-electron chi connectivity index (χ2n) is 6.75. The van der Waals surface area contributed by atoms with Gasteiger partial charge in [-0.2, -0.15) is 0 Å². The Labute approximate surface area is 121 Å². The summed E-state index contributed by atoms with van der Waals surface area (Å²) in [6, 6.07) is 8.94. The van der Waals surface area contributed by atoms with Gasteiger partial charge in [0.2, 0.25) is 0 Å². The summed E-state index contributed by atoms with van der Waals surface area (Å²) in [4.78, 5) is 12.0. The second-order valence-corrected chi connectivity index (χ2v) is 6.75. The summed E-state index contributed by atoms with van der Waals surface area (Å²) in [5, 5.41) is 10.2. The van der Waals surface area contributed by atoms with Crippen molar-refractivity contribution in [2.75, 3.05) is 0 Å².